The van der Waals surface area contributed by atoms with Crippen molar-refractivity contribution in [3.8, 4) is 5.88 Å². The smallest absolute Gasteiger partial charge is 0.423 e. The number of ether oxygens (including phenoxy) is 1. The first-order chi connectivity index (χ1) is 10.8. The van der Waals surface area contributed by atoms with E-state index in [9.17, 15) is 13.2 Å². The number of halogens is 3. The Balaban J connectivity index is 2.32. The van der Waals surface area contributed by atoms with E-state index in [0.717, 1.165) is 17.4 Å². The van der Waals surface area contributed by atoms with Crippen molar-refractivity contribution in [2.45, 2.75) is 26.9 Å². The summed E-state index contributed by atoms with van der Waals surface area (Å²) in [4.78, 5) is 7.63. The highest BCUT2D eigenvalue weighted by atomic mass is 19.4. The molecule has 2 aromatic rings. The Hall–Kier alpha value is -2.31. The molecule has 0 aliphatic carbocycles. The Morgan fingerprint density at radius 3 is 2.52 bits per heavy atom. The number of alkyl halides is 3. The molecule has 0 amide bonds. The Labute approximate surface area is 132 Å². The van der Waals surface area contributed by atoms with Crippen molar-refractivity contribution in [2.75, 3.05) is 11.9 Å². The Morgan fingerprint density at radius 1 is 1.22 bits per heavy atom. The van der Waals surface area contributed by atoms with E-state index in [0.29, 0.717) is 0 Å². The third-order valence-corrected chi connectivity index (χ3v) is 3.00. The molecule has 0 fully saturated rings. The van der Waals surface area contributed by atoms with Gasteiger partial charge in [-0.05, 0) is 24.5 Å². The summed E-state index contributed by atoms with van der Waals surface area (Å²) in [6, 6.07) is 7.36. The van der Waals surface area contributed by atoms with Gasteiger partial charge in [0.05, 0.1) is 6.61 Å². The topological polar surface area (TPSA) is 47.0 Å². The molecule has 1 N–H and O–H groups in total. The van der Waals surface area contributed by atoms with Crippen LogP contribution in [0.1, 0.15) is 25.0 Å². The average molecular weight is 325 g/mol. The third-order valence-electron chi connectivity index (χ3n) is 3.00. The summed E-state index contributed by atoms with van der Waals surface area (Å²) in [5.74, 6) is -0.317. The predicted octanol–water partition coefficient (Wildman–Crippen LogP) is 4.58. The van der Waals surface area contributed by atoms with Crippen LogP contribution >= 0.6 is 0 Å². The van der Waals surface area contributed by atoms with Gasteiger partial charge in [0.25, 0.3) is 0 Å². The summed E-state index contributed by atoms with van der Waals surface area (Å²) in [5, 5.41) is 2.91. The van der Waals surface area contributed by atoms with Crippen molar-refractivity contribution >= 4 is 11.6 Å². The van der Waals surface area contributed by atoms with Gasteiger partial charge in [0.2, 0.25) is 11.8 Å². The van der Waals surface area contributed by atoms with Gasteiger partial charge in [-0.15, -0.1) is 0 Å². The molecule has 0 radical (unpaired) electrons. The maximum Gasteiger partial charge on any atom is 0.423 e. The van der Waals surface area contributed by atoms with Crippen LogP contribution in [-0.4, -0.2) is 16.6 Å². The molecular weight excluding hydrogens is 307 g/mol. The molecule has 7 heteroatoms. The van der Waals surface area contributed by atoms with Crippen LogP contribution in [-0.2, 0) is 6.18 Å². The number of nitrogens with zero attached hydrogens (tertiary/aromatic N) is 2. The second-order valence-electron chi connectivity index (χ2n) is 5.55. The molecule has 2 rings (SSSR count). The summed E-state index contributed by atoms with van der Waals surface area (Å²) in [6.07, 6.45) is -3.82. The normalized spacial score (nSPS) is 11.6. The minimum Gasteiger partial charge on any atom is -0.477 e. The van der Waals surface area contributed by atoms with E-state index >= 15 is 0 Å². The monoisotopic (exact) mass is 325 g/mol. The molecule has 0 aliphatic heterocycles. The predicted molar refractivity (Wildman–Crippen MR) is 81.8 cm³/mol. The molecule has 0 saturated heterocycles. The minimum absolute atomic E-state index is 0.0612. The van der Waals surface area contributed by atoms with Crippen molar-refractivity contribution in [1.82, 2.24) is 9.97 Å². The molecule has 1 aromatic heterocycles. The van der Waals surface area contributed by atoms with Gasteiger partial charge in [-0.1, -0.05) is 32.0 Å². The minimum atomic E-state index is -4.56. The zero-order valence-electron chi connectivity index (χ0n) is 13.1. The van der Waals surface area contributed by atoms with Crippen LogP contribution in [0.5, 0.6) is 5.88 Å². The first-order valence-corrected chi connectivity index (χ1v) is 7.17. The van der Waals surface area contributed by atoms with Crippen molar-refractivity contribution in [2.24, 2.45) is 5.92 Å². The van der Waals surface area contributed by atoms with Crippen LogP contribution in [0.2, 0.25) is 0 Å². The van der Waals surface area contributed by atoms with E-state index in [1.165, 1.54) is 0 Å². The van der Waals surface area contributed by atoms with E-state index in [1.54, 1.807) is 6.07 Å². The van der Waals surface area contributed by atoms with Gasteiger partial charge >= 0.3 is 6.18 Å². The highest BCUT2D eigenvalue weighted by Gasteiger charge is 2.36. The van der Waals surface area contributed by atoms with Crippen LogP contribution in [0, 0.1) is 12.8 Å². The van der Waals surface area contributed by atoms with Crippen molar-refractivity contribution < 1.29 is 17.9 Å². The Kier molecular flexibility index (Phi) is 5.08. The lowest BCUT2D eigenvalue weighted by Gasteiger charge is -2.15. The quantitative estimate of drug-likeness (QED) is 0.874. The number of hydrogen-bond acceptors (Lipinski definition) is 4. The number of anilines is 2. The molecule has 1 heterocycles. The summed E-state index contributed by atoms with van der Waals surface area (Å²) < 4.78 is 44.3. The first-order valence-electron chi connectivity index (χ1n) is 7.17. The summed E-state index contributed by atoms with van der Waals surface area (Å²) in [5.41, 5.74) is 0.677. The molecule has 0 bridgehead atoms. The number of rotatable bonds is 5. The maximum atomic E-state index is 13.0. The SMILES string of the molecule is Cc1ccccc1Nc1ncc(C(F)(F)F)c(OCC(C)C)n1. The van der Waals surface area contributed by atoms with Crippen LogP contribution in [0.25, 0.3) is 0 Å². The fourth-order valence-electron chi connectivity index (χ4n) is 1.81. The summed E-state index contributed by atoms with van der Waals surface area (Å²) >= 11 is 0. The maximum absolute atomic E-state index is 13.0. The van der Waals surface area contributed by atoms with Crippen molar-refractivity contribution in [3.63, 3.8) is 0 Å². The molecule has 1 aromatic carbocycles. The fraction of sp³-hybridized carbons (Fsp3) is 0.375. The number of para-hydroxylation sites is 1. The highest BCUT2D eigenvalue weighted by molar-refractivity contribution is 5.58. The lowest BCUT2D eigenvalue weighted by molar-refractivity contribution is -0.139. The fourth-order valence-corrected chi connectivity index (χ4v) is 1.81. The average Bonchev–Trinajstić information content (AvgIpc) is 2.46. The van der Waals surface area contributed by atoms with E-state index < -0.39 is 17.6 Å². The van der Waals surface area contributed by atoms with E-state index in [-0.39, 0.29) is 18.5 Å². The van der Waals surface area contributed by atoms with Crippen LogP contribution in [0.15, 0.2) is 30.5 Å². The molecule has 0 saturated carbocycles. The molecule has 0 aliphatic rings. The zero-order chi connectivity index (χ0) is 17.0. The summed E-state index contributed by atoms with van der Waals surface area (Å²) in [6.45, 7) is 5.72. The number of nitrogens with one attached hydrogen (secondary N) is 1. The van der Waals surface area contributed by atoms with E-state index in [4.69, 9.17) is 4.74 Å². The first kappa shape index (κ1) is 17.1. The number of aryl methyl sites for hydroxylation is 1. The zero-order valence-corrected chi connectivity index (χ0v) is 13.1. The largest absolute Gasteiger partial charge is 0.477 e. The second-order valence-corrected chi connectivity index (χ2v) is 5.55. The Morgan fingerprint density at radius 2 is 1.91 bits per heavy atom. The van der Waals surface area contributed by atoms with Crippen molar-refractivity contribution in [1.29, 1.82) is 0 Å². The lowest BCUT2D eigenvalue weighted by Crippen LogP contribution is -2.14. The molecule has 0 spiro atoms. The molecule has 124 valence electrons. The summed E-state index contributed by atoms with van der Waals surface area (Å²) in [7, 11) is 0. The van der Waals surface area contributed by atoms with E-state index in [1.807, 2.05) is 39.0 Å². The van der Waals surface area contributed by atoms with Gasteiger partial charge in [0.15, 0.2) is 0 Å². The highest BCUT2D eigenvalue weighted by Crippen LogP contribution is 2.35. The standard InChI is InChI=1S/C16H18F3N3O/c1-10(2)9-23-14-12(16(17,18)19)8-20-15(22-14)21-13-7-5-4-6-11(13)3/h4-8,10H,9H2,1-3H3,(H,20,21,22). The molecule has 0 atom stereocenters. The van der Waals surface area contributed by atoms with Gasteiger partial charge in [-0.25, -0.2) is 4.98 Å². The van der Waals surface area contributed by atoms with Gasteiger partial charge in [-0.2, -0.15) is 18.2 Å². The van der Waals surface area contributed by atoms with Crippen molar-refractivity contribution in [3.05, 3.63) is 41.6 Å². The van der Waals surface area contributed by atoms with Crippen LogP contribution in [0.4, 0.5) is 24.8 Å². The molecular formula is C16H18F3N3O. The van der Waals surface area contributed by atoms with E-state index in [2.05, 4.69) is 15.3 Å². The van der Waals surface area contributed by atoms with Gasteiger partial charge < -0.3 is 10.1 Å². The van der Waals surface area contributed by atoms with Gasteiger partial charge in [0, 0.05) is 11.9 Å². The molecule has 23 heavy (non-hydrogen) atoms. The van der Waals surface area contributed by atoms with Gasteiger partial charge in [0.1, 0.15) is 5.56 Å². The van der Waals surface area contributed by atoms with Gasteiger partial charge in [-0.3, -0.25) is 0 Å². The third kappa shape index (κ3) is 4.58. The van der Waals surface area contributed by atoms with Crippen LogP contribution in [0.3, 0.4) is 0 Å². The number of hydrogen-bond donors (Lipinski definition) is 1. The number of aromatic nitrogens is 2. The molecule has 0 unspecified atom stereocenters. The lowest BCUT2D eigenvalue weighted by atomic mass is 10.2. The number of benzene rings is 1. The van der Waals surface area contributed by atoms with Crippen LogP contribution < -0.4 is 10.1 Å². The molecule has 4 nitrogen and oxygen atoms in total. The Bertz CT molecular complexity index is 672. The second kappa shape index (κ2) is 6.85.